The lowest BCUT2D eigenvalue weighted by Crippen LogP contribution is -2.51. The quantitative estimate of drug-likeness (QED) is 0.744. The predicted molar refractivity (Wildman–Crippen MR) is 88.6 cm³/mol. The van der Waals surface area contributed by atoms with Crippen molar-refractivity contribution in [2.45, 2.75) is 45.2 Å². The van der Waals surface area contributed by atoms with Gasteiger partial charge in [0.05, 0.1) is 0 Å². The fourth-order valence-electron chi connectivity index (χ4n) is 2.86. The summed E-state index contributed by atoms with van der Waals surface area (Å²) in [7, 11) is 0. The topological polar surface area (TPSA) is 24.5 Å². The van der Waals surface area contributed by atoms with Crippen molar-refractivity contribution in [2.75, 3.05) is 32.8 Å². The first kappa shape index (κ1) is 16.5. The fraction of sp³-hybridized carbons (Fsp3) is 0.667. The molecule has 2 atom stereocenters. The van der Waals surface area contributed by atoms with Crippen molar-refractivity contribution in [3.05, 3.63) is 35.9 Å². The number of piperazine rings is 1. The number of nitrogens with one attached hydrogen (secondary N) is 1. The van der Waals surface area contributed by atoms with Gasteiger partial charge in [-0.1, -0.05) is 43.7 Å². The van der Waals surface area contributed by atoms with Crippen LogP contribution in [0.2, 0.25) is 0 Å². The van der Waals surface area contributed by atoms with Crippen molar-refractivity contribution >= 4 is 0 Å². The Kier molecular flexibility index (Phi) is 7.20. The molecular formula is C18H30N2O. The molecule has 21 heavy (non-hydrogen) atoms. The number of unbranched alkanes of at least 4 members (excludes halogenated alkanes) is 1. The average Bonchev–Trinajstić information content (AvgIpc) is 2.53. The summed E-state index contributed by atoms with van der Waals surface area (Å²) in [6.45, 7) is 9.63. The lowest BCUT2D eigenvalue weighted by Gasteiger charge is -2.39. The van der Waals surface area contributed by atoms with E-state index in [2.05, 4.69) is 54.4 Å². The van der Waals surface area contributed by atoms with E-state index < -0.39 is 0 Å². The third kappa shape index (κ3) is 5.42. The van der Waals surface area contributed by atoms with Gasteiger partial charge in [0.15, 0.2) is 0 Å². The van der Waals surface area contributed by atoms with Crippen molar-refractivity contribution in [2.24, 2.45) is 0 Å². The van der Waals surface area contributed by atoms with Gasteiger partial charge in [0, 0.05) is 44.9 Å². The highest BCUT2D eigenvalue weighted by molar-refractivity contribution is 5.20. The van der Waals surface area contributed by atoms with Crippen molar-refractivity contribution in [3.63, 3.8) is 0 Å². The van der Waals surface area contributed by atoms with E-state index in [0.717, 1.165) is 39.3 Å². The summed E-state index contributed by atoms with van der Waals surface area (Å²) in [5, 5.41) is 3.66. The van der Waals surface area contributed by atoms with E-state index in [1.807, 2.05) is 0 Å². The molecule has 1 saturated heterocycles. The van der Waals surface area contributed by atoms with E-state index >= 15 is 0 Å². The second kappa shape index (κ2) is 9.19. The van der Waals surface area contributed by atoms with Crippen LogP contribution in [0, 0.1) is 0 Å². The summed E-state index contributed by atoms with van der Waals surface area (Å²) >= 11 is 0. The van der Waals surface area contributed by atoms with Crippen molar-refractivity contribution in [3.8, 4) is 0 Å². The highest BCUT2D eigenvalue weighted by atomic mass is 16.5. The SMILES string of the molecule is CCCCOCCCN1CC(c2ccccc2)NCC1C. The van der Waals surface area contributed by atoms with E-state index in [-0.39, 0.29) is 0 Å². The highest BCUT2D eigenvalue weighted by Crippen LogP contribution is 2.19. The van der Waals surface area contributed by atoms with Crippen LogP contribution in [-0.2, 0) is 4.74 Å². The molecule has 1 aliphatic rings. The molecule has 2 unspecified atom stereocenters. The molecule has 0 spiro atoms. The van der Waals surface area contributed by atoms with Crippen LogP contribution in [0.1, 0.15) is 44.7 Å². The molecule has 0 saturated carbocycles. The maximum Gasteiger partial charge on any atom is 0.0478 e. The molecule has 0 bridgehead atoms. The summed E-state index contributed by atoms with van der Waals surface area (Å²) < 4.78 is 5.67. The summed E-state index contributed by atoms with van der Waals surface area (Å²) in [4.78, 5) is 2.59. The zero-order chi connectivity index (χ0) is 14.9. The first-order valence-electron chi connectivity index (χ1n) is 8.41. The first-order valence-corrected chi connectivity index (χ1v) is 8.41. The van der Waals surface area contributed by atoms with Crippen LogP contribution in [0.25, 0.3) is 0 Å². The Morgan fingerprint density at radius 2 is 1.95 bits per heavy atom. The first-order chi connectivity index (χ1) is 10.3. The normalized spacial score (nSPS) is 23.3. The Hall–Kier alpha value is -0.900. The van der Waals surface area contributed by atoms with Gasteiger partial charge in [0.1, 0.15) is 0 Å². The molecular weight excluding hydrogens is 260 g/mol. The number of nitrogens with zero attached hydrogens (tertiary/aromatic N) is 1. The number of ether oxygens (including phenoxy) is 1. The van der Waals surface area contributed by atoms with Gasteiger partial charge in [-0.15, -0.1) is 0 Å². The second-order valence-electron chi connectivity index (χ2n) is 6.03. The van der Waals surface area contributed by atoms with E-state index in [9.17, 15) is 0 Å². The zero-order valence-electron chi connectivity index (χ0n) is 13.6. The molecule has 3 nitrogen and oxygen atoms in total. The summed E-state index contributed by atoms with van der Waals surface area (Å²) in [5.74, 6) is 0. The van der Waals surface area contributed by atoms with Gasteiger partial charge >= 0.3 is 0 Å². The fourth-order valence-corrected chi connectivity index (χ4v) is 2.86. The minimum atomic E-state index is 0.461. The summed E-state index contributed by atoms with van der Waals surface area (Å²) in [6, 6.07) is 11.9. The summed E-state index contributed by atoms with van der Waals surface area (Å²) in [5.41, 5.74) is 1.40. The van der Waals surface area contributed by atoms with Crippen LogP contribution in [0.5, 0.6) is 0 Å². The molecule has 0 amide bonds. The van der Waals surface area contributed by atoms with Crippen LogP contribution in [0.4, 0.5) is 0 Å². The van der Waals surface area contributed by atoms with Crippen LogP contribution < -0.4 is 5.32 Å². The van der Waals surface area contributed by atoms with Crippen molar-refractivity contribution < 1.29 is 4.74 Å². The van der Waals surface area contributed by atoms with Gasteiger partial charge in [-0.05, 0) is 25.3 Å². The second-order valence-corrected chi connectivity index (χ2v) is 6.03. The third-order valence-electron chi connectivity index (χ3n) is 4.28. The molecule has 0 radical (unpaired) electrons. The van der Waals surface area contributed by atoms with E-state index in [4.69, 9.17) is 4.74 Å². The smallest absolute Gasteiger partial charge is 0.0478 e. The third-order valence-corrected chi connectivity index (χ3v) is 4.28. The Morgan fingerprint density at radius 1 is 1.19 bits per heavy atom. The molecule has 1 N–H and O–H groups in total. The molecule has 1 aromatic rings. The van der Waals surface area contributed by atoms with Crippen LogP contribution in [0.15, 0.2) is 30.3 Å². The molecule has 118 valence electrons. The van der Waals surface area contributed by atoms with Gasteiger partial charge in [0.25, 0.3) is 0 Å². The maximum atomic E-state index is 5.67. The van der Waals surface area contributed by atoms with Crippen molar-refractivity contribution in [1.82, 2.24) is 10.2 Å². The molecule has 2 rings (SSSR count). The number of hydrogen-bond donors (Lipinski definition) is 1. The zero-order valence-corrected chi connectivity index (χ0v) is 13.6. The van der Waals surface area contributed by atoms with Crippen LogP contribution >= 0.6 is 0 Å². The Labute approximate surface area is 129 Å². The minimum absolute atomic E-state index is 0.461. The molecule has 0 aliphatic carbocycles. The standard InChI is InChI=1S/C18H30N2O/c1-3-4-12-21-13-8-11-20-15-18(19-14-16(20)2)17-9-6-5-7-10-17/h5-7,9-10,16,18-19H,3-4,8,11-15H2,1-2H3. The molecule has 3 heteroatoms. The Balaban J connectivity index is 1.74. The lowest BCUT2D eigenvalue weighted by molar-refractivity contribution is 0.0957. The minimum Gasteiger partial charge on any atom is -0.381 e. The van der Waals surface area contributed by atoms with Crippen molar-refractivity contribution in [1.29, 1.82) is 0 Å². The van der Waals surface area contributed by atoms with Gasteiger partial charge < -0.3 is 10.1 Å². The Morgan fingerprint density at radius 3 is 2.71 bits per heavy atom. The Bertz CT molecular complexity index is 382. The number of benzene rings is 1. The van der Waals surface area contributed by atoms with E-state index in [1.54, 1.807) is 0 Å². The number of rotatable bonds is 8. The monoisotopic (exact) mass is 290 g/mol. The molecule has 1 aromatic carbocycles. The van der Waals surface area contributed by atoms with E-state index in [1.165, 1.54) is 18.4 Å². The highest BCUT2D eigenvalue weighted by Gasteiger charge is 2.25. The average molecular weight is 290 g/mol. The van der Waals surface area contributed by atoms with Gasteiger partial charge in [-0.3, -0.25) is 4.90 Å². The van der Waals surface area contributed by atoms with Gasteiger partial charge in [0.2, 0.25) is 0 Å². The largest absolute Gasteiger partial charge is 0.381 e. The summed E-state index contributed by atoms with van der Waals surface area (Å²) in [6.07, 6.45) is 3.53. The van der Waals surface area contributed by atoms with Gasteiger partial charge in [-0.25, -0.2) is 0 Å². The lowest BCUT2D eigenvalue weighted by atomic mass is 10.0. The van der Waals surface area contributed by atoms with Gasteiger partial charge in [-0.2, -0.15) is 0 Å². The maximum absolute atomic E-state index is 5.67. The molecule has 0 aromatic heterocycles. The van der Waals surface area contributed by atoms with Crippen LogP contribution in [0.3, 0.4) is 0 Å². The molecule has 1 aliphatic heterocycles. The molecule has 1 fully saturated rings. The predicted octanol–water partition coefficient (Wildman–Crippen LogP) is 3.23. The molecule has 1 heterocycles. The van der Waals surface area contributed by atoms with Crippen LogP contribution in [-0.4, -0.2) is 43.8 Å². The van der Waals surface area contributed by atoms with E-state index in [0.29, 0.717) is 12.1 Å². The number of hydrogen-bond acceptors (Lipinski definition) is 3.